The molecular formula is C42H86O6. The lowest BCUT2D eigenvalue weighted by molar-refractivity contribution is -0.138. The third kappa shape index (κ3) is 60.2. The van der Waals surface area contributed by atoms with Gasteiger partial charge in [0.2, 0.25) is 0 Å². The highest BCUT2D eigenvalue weighted by Crippen LogP contribution is 2.14. The molecule has 0 unspecified atom stereocenters. The summed E-state index contributed by atoms with van der Waals surface area (Å²) in [5.74, 6) is -1.31. The van der Waals surface area contributed by atoms with E-state index >= 15 is 0 Å². The van der Waals surface area contributed by atoms with Crippen LogP contribution < -0.4 is 0 Å². The first-order chi connectivity index (χ1) is 23.3. The number of aliphatic carboxylic acids is 2. The van der Waals surface area contributed by atoms with E-state index in [1.807, 2.05) is 0 Å². The SMILES string of the molecule is CCCCCCCCCCCC(O)O.CCCCCCCCCCCCCCC(=O)O.CCCCCCCCCCCCCCC(=O)O. The third-order valence-electron chi connectivity index (χ3n) is 9.05. The highest BCUT2D eigenvalue weighted by molar-refractivity contribution is 5.66. The average Bonchev–Trinajstić information content (AvgIpc) is 3.05. The summed E-state index contributed by atoms with van der Waals surface area (Å²) in [4.78, 5) is 20.6. The zero-order valence-electron chi connectivity index (χ0n) is 32.6. The van der Waals surface area contributed by atoms with Gasteiger partial charge in [-0.1, -0.05) is 213 Å². The molecule has 0 saturated carbocycles. The zero-order valence-corrected chi connectivity index (χ0v) is 32.6. The van der Waals surface area contributed by atoms with Crippen molar-refractivity contribution >= 4 is 11.9 Å². The van der Waals surface area contributed by atoms with Gasteiger partial charge in [0.25, 0.3) is 0 Å². The molecule has 0 saturated heterocycles. The number of hydrogen-bond donors (Lipinski definition) is 4. The molecule has 6 heteroatoms. The van der Waals surface area contributed by atoms with E-state index in [-0.39, 0.29) is 0 Å². The molecule has 0 atom stereocenters. The Morgan fingerprint density at radius 2 is 0.521 bits per heavy atom. The Labute approximate surface area is 299 Å². The Morgan fingerprint density at radius 3 is 0.708 bits per heavy atom. The molecule has 0 aliphatic carbocycles. The molecule has 0 amide bonds. The van der Waals surface area contributed by atoms with Crippen LogP contribution in [0.1, 0.15) is 252 Å². The maximum atomic E-state index is 10.3. The number of rotatable bonds is 36. The Hall–Kier alpha value is -1.14. The number of hydrogen-bond acceptors (Lipinski definition) is 4. The van der Waals surface area contributed by atoms with Crippen molar-refractivity contribution in [2.24, 2.45) is 0 Å². The van der Waals surface area contributed by atoms with E-state index in [1.165, 1.54) is 173 Å². The van der Waals surface area contributed by atoms with Crippen LogP contribution in [-0.2, 0) is 9.59 Å². The van der Waals surface area contributed by atoms with Gasteiger partial charge in [-0.3, -0.25) is 9.59 Å². The summed E-state index contributed by atoms with van der Waals surface area (Å²) in [6.07, 6.45) is 42.5. The smallest absolute Gasteiger partial charge is 0.303 e. The number of carboxylic acids is 2. The summed E-state index contributed by atoms with van der Waals surface area (Å²) >= 11 is 0. The lowest BCUT2D eigenvalue weighted by atomic mass is 10.0. The van der Waals surface area contributed by atoms with E-state index in [0.29, 0.717) is 19.3 Å². The first-order valence-electron chi connectivity index (χ1n) is 21.1. The van der Waals surface area contributed by atoms with E-state index in [2.05, 4.69) is 20.8 Å². The fourth-order valence-corrected chi connectivity index (χ4v) is 5.87. The molecule has 0 aromatic carbocycles. The molecule has 0 rings (SSSR count). The van der Waals surface area contributed by atoms with Crippen molar-refractivity contribution < 1.29 is 30.0 Å². The third-order valence-corrected chi connectivity index (χ3v) is 9.05. The summed E-state index contributed by atoms with van der Waals surface area (Å²) < 4.78 is 0. The van der Waals surface area contributed by atoms with Crippen molar-refractivity contribution in [2.45, 2.75) is 258 Å². The average molecular weight is 687 g/mol. The molecule has 0 spiro atoms. The van der Waals surface area contributed by atoms with Gasteiger partial charge in [0.15, 0.2) is 6.29 Å². The van der Waals surface area contributed by atoms with Crippen molar-refractivity contribution in [2.75, 3.05) is 0 Å². The minimum absolute atomic E-state index is 0.345. The number of carboxylic acid groups (broad SMARTS) is 2. The van der Waals surface area contributed by atoms with Gasteiger partial charge in [-0.05, 0) is 25.7 Å². The van der Waals surface area contributed by atoms with E-state index in [0.717, 1.165) is 38.5 Å². The molecule has 0 aromatic rings. The number of aliphatic hydroxyl groups is 2. The second-order valence-corrected chi connectivity index (χ2v) is 14.2. The molecule has 6 nitrogen and oxygen atoms in total. The van der Waals surface area contributed by atoms with Gasteiger partial charge in [-0.2, -0.15) is 0 Å². The molecule has 4 N–H and O–H groups in total. The quantitative estimate of drug-likeness (QED) is 0.0385. The fourth-order valence-electron chi connectivity index (χ4n) is 5.87. The van der Waals surface area contributed by atoms with Crippen LogP contribution >= 0.6 is 0 Å². The maximum absolute atomic E-state index is 10.3. The van der Waals surface area contributed by atoms with Crippen molar-refractivity contribution in [3.63, 3.8) is 0 Å². The lowest BCUT2D eigenvalue weighted by Gasteiger charge is -2.03. The monoisotopic (exact) mass is 687 g/mol. The summed E-state index contributed by atoms with van der Waals surface area (Å²) in [6.45, 7) is 6.74. The van der Waals surface area contributed by atoms with Crippen molar-refractivity contribution in [1.82, 2.24) is 0 Å². The molecule has 0 aliphatic heterocycles. The highest BCUT2D eigenvalue weighted by Gasteiger charge is 1.99. The molecule has 0 aromatic heterocycles. The summed E-state index contributed by atoms with van der Waals surface area (Å²) in [5.41, 5.74) is 0. The summed E-state index contributed by atoms with van der Waals surface area (Å²) in [7, 11) is 0. The second-order valence-electron chi connectivity index (χ2n) is 14.2. The molecule has 0 heterocycles. The maximum Gasteiger partial charge on any atom is 0.303 e. The minimum atomic E-state index is -1.10. The van der Waals surface area contributed by atoms with Crippen molar-refractivity contribution in [1.29, 1.82) is 0 Å². The second kappa shape index (κ2) is 48.0. The van der Waals surface area contributed by atoms with Crippen LogP contribution in [0, 0.1) is 0 Å². The molecular weight excluding hydrogens is 600 g/mol. The predicted molar refractivity (Wildman–Crippen MR) is 207 cm³/mol. The van der Waals surface area contributed by atoms with E-state index < -0.39 is 18.2 Å². The summed E-state index contributed by atoms with van der Waals surface area (Å²) in [5, 5.41) is 34.2. The van der Waals surface area contributed by atoms with Gasteiger partial charge in [0, 0.05) is 12.8 Å². The highest BCUT2D eigenvalue weighted by atomic mass is 16.5. The molecule has 0 bridgehead atoms. The predicted octanol–water partition coefficient (Wildman–Crippen LogP) is 13.5. The standard InChI is InChI=1S/2C15H30O2.C12H26O2/c2*1-2-3-4-5-6-7-8-9-10-11-12-13-14-15(16)17;1-2-3-4-5-6-7-8-9-10-11-12(13)14/h2*2-14H2,1H3,(H,16,17);12-14H,2-11H2,1H3. The number of aliphatic hydroxyl groups excluding tert-OH is 1. The first-order valence-corrected chi connectivity index (χ1v) is 21.1. The normalized spacial score (nSPS) is 10.8. The van der Waals surface area contributed by atoms with E-state index in [1.54, 1.807) is 0 Å². The van der Waals surface area contributed by atoms with Crippen molar-refractivity contribution in [3.05, 3.63) is 0 Å². The Kier molecular flexibility index (Phi) is 51.2. The Morgan fingerprint density at radius 1 is 0.333 bits per heavy atom. The molecule has 0 aliphatic rings. The fraction of sp³-hybridized carbons (Fsp3) is 0.952. The van der Waals surface area contributed by atoms with Gasteiger partial charge in [0.05, 0.1) is 0 Å². The zero-order chi connectivity index (χ0) is 36.2. The van der Waals surface area contributed by atoms with Gasteiger partial charge >= 0.3 is 11.9 Å². The Bertz CT molecular complexity index is 557. The van der Waals surface area contributed by atoms with Gasteiger partial charge in [-0.25, -0.2) is 0 Å². The van der Waals surface area contributed by atoms with Crippen LogP contribution in [0.25, 0.3) is 0 Å². The van der Waals surface area contributed by atoms with Crippen LogP contribution in [0.5, 0.6) is 0 Å². The van der Waals surface area contributed by atoms with Gasteiger partial charge < -0.3 is 20.4 Å². The van der Waals surface area contributed by atoms with Gasteiger partial charge in [-0.15, -0.1) is 0 Å². The Balaban J connectivity index is -0.000000637. The van der Waals surface area contributed by atoms with E-state index in [9.17, 15) is 9.59 Å². The molecule has 48 heavy (non-hydrogen) atoms. The first kappa shape index (κ1) is 51.2. The van der Waals surface area contributed by atoms with Crippen LogP contribution in [0.2, 0.25) is 0 Å². The van der Waals surface area contributed by atoms with Crippen LogP contribution in [0.15, 0.2) is 0 Å². The van der Waals surface area contributed by atoms with Crippen LogP contribution in [0.4, 0.5) is 0 Å². The van der Waals surface area contributed by atoms with Gasteiger partial charge in [0.1, 0.15) is 0 Å². The number of unbranched alkanes of at least 4 members (excludes halogenated alkanes) is 30. The molecule has 290 valence electrons. The minimum Gasteiger partial charge on any atom is -0.481 e. The van der Waals surface area contributed by atoms with E-state index in [4.69, 9.17) is 20.4 Å². The number of carbonyl (C=O) groups is 2. The van der Waals surface area contributed by atoms with Crippen LogP contribution in [-0.4, -0.2) is 38.7 Å². The largest absolute Gasteiger partial charge is 0.481 e. The lowest BCUT2D eigenvalue weighted by Crippen LogP contribution is -2.02. The summed E-state index contributed by atoms with van der Waals surface area (Å²) in [6, 6.07) is 0. The van der Waals surface area contributed by atoms with Crippen molar-refractivity contribution in [3.8, 4) is 0 Å². The molecule has 0 fully saturated rings. The molecule has 0 radical (unpaired) electrons. The topological polar surface area (TPSA) is 115 Å². The van der Waals surface area contributed by atoms with Crippen LogP contribution in [0.3, 0.4) is 0 Å².